The molecule has 0 radical (unpaired) electrons. The van der Waals surface area contributed by atoms with Crippen LogP contribution in [0.1, 0.15) is 6.42 Å². The summed E-state index contributed by atoms with van der Waals surface area (Å²) in [5.74, 6) is -0.108. The van der Waals surface area contributed by atoms with Crippen LogP contribution in [-0.2, 0) is 24.7 Å². The van der Waals surface area contributed by atoms with Gasteiger partial charge in [0, 0.05) is 6.04 Å². The summed E-state index contributed by atoms with van der Waals surface area (Å²) >= 11 is 1.05. The third-order valence-corrected chi connectivity index (χ3v) is 9.20. The maximum atomic E-state index is 13.1. The minimum Gasteiger partial charge on any atom is -0.497 e. The Morgan fingerprint density at radius 1 is 1.29 bits per heavy atom. The zero-order chi connectivity index (χ0) is 20.4. The number of amides is 1. The van der Waals surface area contributed by atoms with E-state index in [1.165, 1.54) is 13.2 Å². The first kappa shape index (κ1) is 20.6. The zero-order valence-electron chi connectivity index (χ0n) is 15.1. The summed E-state index contributed by atoms with van der Waals surface area (Å²) in [5, 5.41) is 4.27. The fraction of sp³-hybridized carbons (Fsp3) is 0.353. The van der Waals surface area contributed by atoms with Gasteiger partial charge in [0.25, 0.3) is 10.0 Å². The van der Waals surface area contributed by atoms with Crippen molar-refractivity contribution in [1.82, 2.24) is 5.32 Å². The molecule has 2 aromatic rings. The molecule has 1 amide bonds. The van der Waals surface area contributed by atoms with Crippen molar-refractivity contribution in [2.75, 3.05) is 29.5 Å². The summed E-state index contributed by atoms with van der Waals surface area (Å²) in [4.78, 5) is 12.5. The number of sulfone groups is 1. The molecule has 1 fully saturated rings. The molecule has 152 valence electrons. The van der Waals surface area contributed by atoms with Crippen molar-refractivity contribution in [2.24, 2.45) is 0 Å². The van der Waals surface area contributed by atoms with Gasteiger partial charge < -0.3 is 10.1 Å². The average molecular weight is 445 g/mol. The van der Waals surface area contributed by atoms with Crippen LogP contribution in [0.5, 0.6) is 5.75 Å². The topological polar surface area (TPSA) is 110 Å². The molecule has 1 atom stereocenters. The number of thiophene rings is 1. The van der Waals surface area contributed by atoms with Gasteiger partial charge in [0.1, 0.15) is 16.5 Å². The SMILES string of the molecule is COc1ccc(N(CC(=O)NC2CCS(=O)(=O)C2)S(=O)(=O)c2cccs2)cc1. The third kappa shape index (κ3) is 4.65. The standard InChI is InChI=1S/C17H20N2O6S3/c1-25-15-6-4-14(5-7-15)19(28(23,24)17-3-2-9-26-17)11-16(20)18-13-8-10-27(21,22)12-13/h2-7,9,13H,8,10-12H2,1H3,(H,18,20). The molecule has 1 aliphatic heterocycles. The van der Waals surface area contributed by atoms with E-state index in [0.29, 0.717) is 17.9 Å². The first-order chi connectivity index (χ1) is 13.2. The highest BCUT2D eigenvalue weighted by Gasteiger charge is 2.32. The molecule has 3 rings (SSSR count). The molecular formula is C17H20N2O6S3. The van der Waals surface area contributed by atoms with Gasteiger partial charge in [-0.3, -0.25) is 9.10 Å². The zero-order valence-corrected chi connectivity index (χ0v) is 17.5. The van der Waals surface area contributed by atoms with E-state index in [2.05, 4.69) is 5.32 Å². The van der Waals surface area contributed by atoms with Gasteiger partial charge in [0.05, 0.1) is 24.3 Å². The minimum atomic E-state index is -3.95. The highest BCUT2D eigenvalue weighted by Crippen LogP contribution is 2.28. The molecule has 28 heavy (non-hydrogen) atoms. The number of methoxy groups -OCH3 is 1. The summed E-state index contributed by atoms with van der Waals surface area (Å²) in [6.45, 7) is -0.455. The number of nitrogens with one attached hydrogen (secondary N) is 1. The molecule has 1 aliphatic rings. The molecule has 0 aliphatic carbocycles. The van der Waals surface area contributed by atoms with Gasteiger partial charge in [-0.15, -0.1) is 11.3 Å². The number of hydrogen-bond acceptors (Lipinski definition) is 7. The molecule has 1 aromatic carbocycles. The molecule has 0 saturated carbocycles. The fourth-order valence-electron chi connectivity index (χ4n) is 2.89. The van der Waals surface area contributed by atoms with Crippen LogP contribution in [0.3, 0.4) is 0 Å². The largest absolute Gasteiger partial charge is 0.497 e. The monoisotopic (exact) mass is 444 g/mol. The summed E-state index contributed by atoms with van der Waals surface area (Å²) in [5.41, 5.74) is 0.309. The van der Waals surface area contributed by atoms with Crippen LogP contribution < -0.4 is 14.4 Å². The molecule has 1 N–H and O–H groups in total. The van der Waals surface area contributed by atoms with Gasteiger partial charge in [-0.1, -0.05) is 6.07 Å². The third-order valence-electron chi connectivity index (χ3n) is 4.28. The van der Waals surface area contributed by atoms with Crippen molar-refractivity contribution in [1.29, 1.82) is 0 Å². The Morgan fingerprint density at radius 3 is 2.54 bits per heavy atom. The number of ether oxygens (including phenoxy) is 1. The lowest BCUT2D eigenvalue weighted by atomic mass is 10.2. The van der Waals surface area contributed by atoms with Gasteiger partial charge >= 0.3 is 0 Å². The van der Waals surface area contributed by atoms with Gasteiger partial charge in [0.15, 0.2) is 9.84 Å². The molecule has 1 aromatic heterocycles. The predicted molar refractivity (Wildman–Crippen MR) is 107 cm³/mol. The second-order valence-electron chi connectivity index (χ2n) is 6.31. The van der Waals surface area contributed by atoms with Gasteiger partial charge in [-0.05, 0) is 42.1 Å². The Labute approximate surface area is 168 Å². The van der Waals surface area contributed by atoms with Crippen molar-refractivity contribution < 1.29 is 26.4 Å². The minimum absolute atomic E-state index is 0.0215. The lowest BCUT2D eigenvalue weighted by Gasteiger charge is -2.24. The van der Waals surface area contributed by atoms with Crippen molar-refractivity contribution >= 4 is 42.8 Å². The first-order valence-corrected chi connectivity index (χ1v) is 12.6. The number of anilines is 1. The van der Waals surface area contributed by atoms with E-state index in [1.54, 1.807) is 35.7 Å². The average Bonchev–Trinajstić information content (AvgIpc) is 3.30. The van der Waals surface area contributed by atoms with Crippen LogP contribution in [0.15, 0.2) is 46.0 Å². The van der Waals surface area contributed by atoms with Crippen LogP contribution in [0.4, 0.5) is 5.69 Å². The molecule has 8 nitrogen and oxygen atoms in total. The van der Waals surface area contributed by atoms with Crippen molar-refractivity contribution in [3.05, 3.63) is 41.8 Å². The van der Waals surface area contributed by atoms with E-state index >= 15 is 0 Å². The Balaban J connectivity index is 1.85. The highest BCUT2D eigenvalue weighted by atomic mass is 32.2. The second kappa shape index (κ2) is 8.10. The molecule has 0 bridgehead atoms. The second-order valence-corrected chi connectivity index (χ2v) is 11.6. The lowest BCUT2D eigenvalue weighted by molar-refractivity contribution is -0.120. The number of benzene rings is 1. The number of hydrogen-bond donors (Lipinski definition) is 1. The normalized spacial score (nSPS) is 18.5. The molecule has 1 unspecified atom stereocenters. The number of nitrogens with zero attached hydrogens (tertiary/aromatic N) is 1. The van der Waals surface area contributed by atoms with E-state index < -0.39 is 38.4 Å². The predicted octanol–water partition coefficient (Wildman–Crippen LogP) is 1.26. The Kier molecular flexibility index (Phi) is 5.96. The number of carbonyl (C=O) groups is 1. The summed E-state index contributed by atoms with van der Waals surface area (Å²) in [6, 6.07) is 8.90. The van der Waals surface area contributed by atoms with Gasteiger partial charge in [-0.2, -0.15) is 0 Å². The summed E-state index contributed by atoms with van der Waals surface area (Å²) in [6.07, 6.45) is 0.328. The number of rotatable bonds is 7. The van der Waals surface area contributed by atoms with Gasteiger partial charge in [0.2, 0.25) is 5.91 Å². The van der Waals surface area contributed by atoms with Crippen molar-refractivity contribution in [3.63, 3.8) is 0 Å². The van der Waals surface area contributed by atoms with Crippen LogP contribution in [0.25, 0.3) is 0 Å². The van der Waals surface area contributed by atoms with Crippen LogP contribution >= 0.6 is 11.3 Å². The maximum absolute atomic E-state index is 13.1. The Hall–Kier alpha value is -2.11. The fourth-order valence-corrected chi connectivity index (χ4v) is 7.09. The van der Waals surface area contributed by atoms with Crippen LogP contribution in [-0.4, -0.2) is 53.9 Å². The highest BCUT2D eigenvalue weighted by molar-refractivity contribution is 7.94. The molecule has 11 heteroatoms. The molecule has 2 heterocycles. The Bertz CT molecular complexity index is 1030. The summed E-state index contributed by atoms with van der Waals surface area (Å²) < 4.78 is 55.5. The van der Waals surface area contributed by atoms with Crippen molar-refractivity contribution in [2.45, 2.75) is 16.7 Å². The van der Waals surface area contributed by atoms with E-state index in [-0.39, 0.29) is 15.7 Å². The summed E-state index contributed by atoms with van der Waals surface area (Å²) in [7, 11) is -5.60. The first-order valence-electron chi connectivity index (χ1n) is 8.41. The molecular weight excluding hydrogens is 424 g/mol. The number of sulfonamides is 1. The van der Waals surface area contributed by atoms with E-state index in [9.17, 15) is 21.6 Å². The molecule has 1 saturated heterocycles. The van der Waals surface area contributed by atoms with Crippen LogP contribution in [0, 0.1) is 0 Å². The lowest BCUT2D eigenvalue weighted by Crippen LogP contribution is -2.44. The Morgan fingerprint density at radius 2 is 2.00 bits per heavy atom. The molecule has 0 spiro atoms. The number of carbonyl (C=O) groups excluding carboxylic acids is 1. The van der Waals surface area contributed by atoms with Crippen molar-refractivity contribution in [3.8, 4) is 5.75 Å². The maximum Gasteiger partial charge on any atom is 0.274 e. The van der Waals surface area contributed by atoms with E-state index in [1.807, 2.05) is 0 Å². The van der Waals surface area contributed by atoms with E-state index in [0.717, 1.165) is 15.6 Å². The van der Waals surface area contributed by atoms with E-state index in [4.69, 9.17) is 4.74 Å². The van der Waals surface area contributed by atoms with Gasteiger partial charge in [-0.25, -0.2) is 16.8 Å². The van der Waals surface area contributed by atoms with Crippen LogP contribution in [0.2, 0.25) is 0 Å². The quantitative estimate of drug-likeness (QED) is 0.688. The smallest absolute Gasteiger partial charge is 0.274 e.